The second-order valence-electron chi connectivity index (χ2n) is 7.45. The summed E-state index contributed by atoms with van der Waals surface area (Å²) in [5.74, 6) is -1.56. The molecule has 2 saturated heterocycles. The Morgan fingerprint density at radius 2 is 2.12 bits per heavy atom. The van der Waals surface area contributed by atoms with Gasteiger partial charge in [-0.1, -0.05) is 0 Å². The topological polar surface area (TPSA) is 112 Å². The number of anilines is 2. The molecule has 1 aromatic rings. The predicted molar refractivity (Wildman–Crippen MR) is 113 cm³/mol. The summed E-state index contributed by atoms with van der Waals surface area (Å²) in [6, 6.07) is 6.23. The van der Waals surface area contributed by atoms with Crippen molar-refractivity contribution in [3.8, 4) is 6.07 Å². The van der Waals surface area contributed by atoms with E-state index in [1.54, 1.807) is 17.9 Å². The highest BCUT2D eigenvalue weighted by Crippen LogP contribution is 2.34. The lowest BCUT2D eigenvalue weighted by atomic mass is 10.0. The number of carbonyl (C=O) groups excluding carboxylic acids is 3. The first kappa shape index (κ1) is 23.1. The van der Waals surface area contributed by atoms with Crippen molar-refractivity contribution in [2.45, 2.75) is 39.2 Å². The van der Waals surface area contributed by atoms with Gasteiger partial charge in [-0.2, -0.15) is 5.26 Å². The van der Waals surface area contributed by atoms with Gasteiger partial charge < -0.3 is 19.7 Å². The molecule has 1 aromatic carbocycles. The van der Waals surface area contributed by atoms with Crippen LogP contribution in [0.15, 0.2) is 29.5 Å². The summed E-state index contributed by atoms with van der Waals surface area (Å²) < 4.78 is 25.4. The van der Waals surface area contributed by atoms with Crippen LogP contribution in [0.2, 0.25) is 0 Å². The summed E-state index contributed by atoms with van der Waals surface area (Å²) >= 11 is 0. The summed E-state index contributed by atoms with van der Waals surface area (Å²) in [6.07, 6.45) is 0.835. The molecule has 0 saturated carbocycles. The summed E-state index contributed by atoms with van der Waals surface area (Å²) in [4.78, 5) is 38.4. The molecule has 0 radical (unpaired) electrons. The number of cyclic esters (lactones) is 1. The van der Waals surface area contributed by atoms with Gasteiger partial charge in [0.05, 0.1) is 31.1 Å². The second kappa shape index (κ2) is 10.1. The summed E-state index contributed by atoms with van der Waals surface area (Å²) in [6.45, 7) is 3.94. The fraction of sp³-hybridized carbons (Fsp3) is 0.455. The van der Waals surface area contributed by atoms with Crippen molar-refractivity contribution in [2.24, 2.45) is 0 Å². The number of nitrogens with one attached hydrogen (secondary N) is 1. The SMILES string of the molecule is CCOC(=O)/C(C#N)=C1\CCCCN1c1ccc(N2C[C@H](CNC(C)=O)OC2=O)cc1F. The van der Waals surface area contributed by atoms with Crippen molar-refractivity contribution in [1.29, 1.82) is 5.26 Å². The van der Waals surface area contributed by atoms with Crippen LogP contribution in [0.25, 0.3) is 0 Å². The maximum atomic E-state index is 15.2. The third-order valence-corrected chi connectivity index (χ3v) is 5.24. The van der Waals surface area contributed by atoms with Crippen molar-refractivity contribution in [1.82, 2.24) is 5.32 Å². The number of ether oxygens (including phenoxy) is 2. The number of amides is 2. The van der Waals surface area contributed by atoms with Crippen LogP contribution in [0, 0.1) is 17.1 Å². The predicted octanol–water partition coefficient (Wildman–Crippen LogP) is 2.62. The summed E-state index contributed by atoms with van der Waals surface area (Å²) in [5, 5.41) is 12.1. The van der Waals surface area contributed by atoms with E-state index in [4.69, 9.17) is 9.47 Å². The molecule has 2 amide bonds. The molecule has 2 fully saturated rings. The molecule has 3 rings (SSSR count). The first-order chi connectivity index (χ1) is 15.3. The molecule has 0 aromatic heterocycles. The molecule has 2 aliphatic heterocycles. The van der Waals surface area contributed by atoms with E-state index >= 15 is 4.39 Å². The standard InChI is InChI=1S/C22H25FN4O5/c1-3-31-21(29)17(11-24)19-6-4-5-9-26(19)20-8-7-15(10-18(20)23)27-13-16(32-22(27)30)12-25-14(2)28/h7-8,10,16H,3-6,9,12-13H2,1-2H3,(H,25,28)/b19-17+/t16-/m0/s1. The van der Waals surface area contributed by atoms with Crippen LogP contribution in [-0.2, 0) is 19.1 Å². The Bertz CT molecular complexity index is 987. The third kappa shape index (κ3) is 4.99. The largest absolute Gasteiger partial charge is 0.462 e. The number of hydrogen-bond donors (Lipinski definition) is 1. The Kier molecular flexibility index (Phi) is 7.30. The lowest BCUT2D eigenvalue weighted by molar-refractivity contribution is -0.138. The van der Waals surface area contributed by atoms with Gasteiger partial charge in [0.2, 0.25) is 5.91 Å². The number of hydrogen-bond acceptors (Lipinski definition) is 7. The molecule has 0 bridgehead atoms. The van der Waals surface area contributed by atoms with Crippen molar-refractivity contribution in [3.63, 3.8) is 0 Å². The number of allylic oxidation sites excluding steroid dienone is 1. The number of carbonyl (C=O) groups is 3. The highest BCUT2D eigenvalue weighted by atomic mass is 19.1. The van der Waals surface area contributed by atoms with Gasteiger partial charge in [0.15, 0.2) is 5.57 Å². The molecule has 0 aliphatic carbocycles. The number of benzene rings is 1. The maximum absolute atomic E-state index is 15.2. The molecule has 1 atom stereocenters. The highest BCUT2D eigenvalue weighted by molar-refractivity contribution is 5.94. The number of nitriles is 1. The zero-order chi connectivity index (χ0) is 23.3. The van der Waals surface area contributed by atoms with Crippen molar-refractivity contribution >= 4 is 29.3 Å². The van der Waals surface area contributed by atoms with E-state index in [9.17, 15) is 19.6 Å². The van der Waals surface area contributed by atoms with Crippen molar-refractivity contribution in [3.05, 3.63) is 35.3 Å². The van der Waals surface area contributed by atoms with Crippen LogP contribution in [0.5, 0.6) is 0 Å². The van der Waals surface area contributed by atoms with Gasteiger partial charge >= 0.3 is 12.1 Å². The first-order valence-electron chi connectivity index (χ1n) is 10.5. The van der Waals surface area contributed by atoms with Crippen LogP contribution in [0.1, 0.15) is 33.1 Å². The van der Waals surface area contributed by atoms with Gasteiger partial charge in [-0.05, 0) is 44.4 Å². The highest BCUT2D eigenvalue weighted by Gasteiger charge is 2.33. The molecule has 2 aliphatic rings. The van der Waals surface area contributed by atoms with Crippen LogP contribution in [-0.4, -0.2) is 50.3 Å². The first-order valence-corrected chi connectivity index (χ1v) is 10.5. The van der Waals surface area contributed by atoms with Crippen molar-refractivity contribution < 1.29 is 28.2 Å². The molecule has 0 unspecified atom stereocenters. The Morgan fingerprint density at radius 1 is 1.34 bits per heavy atom. The molecule has 0 spiro atoms. The van der Waals surface area contributed by atoms with E-state index in [1.807, 2.05) is 6.07 Å². The second-order valence-corrected chi connectivity index (χ2v) is 7.45. The molecule has 10 heteroatoms. The van der Waals surface area contributed by atoms with Crippen LogP contribution >= 0.6 is 0 Å². The average Bonchev–Trinajstić information content (AvgIpc) is 3.14. The van der Waals surface area contributed by atoms with E-state index in [0.717, 1.165) is 12.8 Å². The van der Waals surface area contributed by atoms with Crippen molar-refractivity contribution in [2.75, 3.05) is 36.0 Å². The number of esters is 1. The third-order valence-electron chi connectivity index (χ3n) is 5.24. The fourth-order valence-corrected chi connectivity index (χ4v) is 3.77. The molecule has 2 heterocycles. The minimum Gasteiger partial charge on any atom is -0.462 e. The molecular weight excluding hydrogens is 419 g/mol. The monoisotopic (exact) mass is 444 g/mol. The molecular formula is C22H25FN4O5. The Hall–Kier alpha value is -3.61. The smallest absolute Gasteiger partial charge is 0.414 e. The molecule has 9 nitrogen and oxygen atoms in total. The molecule has 1 N–H and O–H groups in total. The zero-order valence-corrected chi connectivity index (χ0v) is 18.0. The van der Waals surface area contributed by atoms with Gasteiger partial charge in [-0.3, -0.25) is 9.69 Å². The van der Waals surface area contributed by atoms with E-state index in [-0.39, 0.29) is 36.9 Å². The zero-order valence-electron chi connectivity index (χ0n) is 18.0. The summed E-state index contributed by atoms with van der Waals surface area (Å²) in [7, 11) is 0. The Morgan fingerprint density at radius 3 is 2.78 bits per heavy atom. The number of piperidine rings is 1. The van der Waals surface area contributed by atoms with Crippen LogP contribution < -0.4 is 15.1 Å². The summed E-state index contributed by atoms with van der Waals surface area (Å²) in [5.41, 5.74) is 0.830. The molecule has 32 heavy (non-hydrogen) atoms. The normalized spacial score (nSPS) is 19.8. The number of rotatable bonds is 6. The lowest BCUT2D eigenvalue weighted by Gasteiger charge is -2.32. The minimum atomic E-state index is -0.723. The van der Waals surface area contributed by atoms with E-state index < -0.39 is 24.0 Å². The minimum absolute atomic E-state index is 0.126. The quantitative estimate of drug-likeness (QED) is 0.408. The Labute approximate surface area is 185 Å². The van der Waals surface area contributed by atoms with Crippen LogP contribution in [0.4, 0.5) is 20.6 Å². The molecule has 170 valence electrons. The van der Waals surface area contributed by atoms with E-state index in [1.165, 1.54) is 24.0 Å². The number of halogens is 1. The average molecular weight is 444 g/mol. The van der Waals surface area contributed by atoms with E-state index in [0.29, 0.717) is 24.4 Å². The van der Waals surface area contributed by atoms with Gasteiger partial charge in [-0.25, -0.2) is 14.0 Å². The fourth-order valence-electron chi connectivity index (χ4n) is 3.77. The van der Waals surface area contributed by atoms with E-state index in [2.05, 4.69) is 5.32 Å². The lowest BCUT2D eigenvalue weighted by Crippen LogP contribution is -2.33. The van der Waals surface area contributed by atoms with Gasteiger partial charge in [0.25, 0.3) is 0 Å². The van der Waals surface area contributed by atoms with Gasteiger partial charge in [0.1, 0.15) is 18.0 Å². The van der Waals surface area contributed by atoms with Gasteiger partial charge in [-0.15, -0.1) is 0 Å². The van der Waals surface area contributed by atoms with Crippen LogP contribution in [0.3, 0.4) is 0 Å². The number of nitrogens with zero attached hydrogens (tertiary/aromatic N) is 3. The van der Waals surface area contributed by atoms with Gasteiger partial charge in [0, 0.05) is 19.2 Å². The Balaban J connectivity index is 1.85. The maximum Gasteiger partial charge on any atom is 0.414 e.